The Kier molecular flexibility index (Phi) is 8.94. The van der Waals surface area contributed by atoms with Gasteiger partial charge in [-0.3, -0.25) is 19.2 Å². The molecule has 1 unspecified atom stereocenters. The van der Waals surface area contributed by atoms with Crippen molar-refractivity contribution >= 4 is 35.2 Å². The fraction of sp³-hybridized carbons (Fsp3) is 0.154. The smallest absolute Gasteiger partial charge is 0.326 e. The number of esters is 1. The number of halogens is 1. The van der Waals surface area contributed by atoms with E-state index in [9.17, 15) is 19.2 Å². The molecule has 7 nitrogen and oxygen atoms in total. The van der Waals surface area contributed by atoms with Gasteiger partial charge in [0.05, 0.1) is 13.0 Å². The molecule has 3 aromatic rings. The van der Waals surface area contributed by atoms with Gasteiger partial charge in [-0.15, -0.1) is 0 Å². The highest BCUT2D eigenvalue weighted by atomic mass is 35.5. The number of benzene rings is 3. The molecular weight excluding hydrogens is 456 g/mol. The largest absolute Gasteiger partial charge is 0.448 e. The predicted octanol–water partition coefficient (Wildman–Crippen LogP) is 3.28. The second kappa shape index (κ2) is 12.3. The van der Waals surface area contributed by atoms with Crippen molar-refractivity contribution in [2.24, 2.45) is 0 Å². The quantitative estimate of drug-likeness (QED) is 0.344. The van der Waals surface area contributed by atoms with Gasteiger partial charge in [0.15, 0.2) is 6.10 Å². The van der Waals surface area contributed by atoms with Gasteiger partial charge in [-0.2, -0.15) is 0 Å². The van der Waals surface area contributed by atoms with Crippen molar-refractivity contribution in [3.63, 3.8) is 0 Å². The topological polar surface area (TPSA) is 102 Å². The monoisotopic (exact) mass is 478 g/mol. The lowest BCUT2D eigenvalue weighted by molar-refractivity contribution is -0.147. The SMILES string of the molecule is O=C(CNC(=O)Cc1ccccc1)NCC(=O)OC(C(=O)c1ccccc1)c1ccc(Cl)cc1. The molecule has 174 valence electrons. The van der Waals surface area contributed by atoms with Crippen molar-refractivity contribution in [2.75, 3.05) is 13.1 Å². The molecule has 0 spiro atoms. The Hall–Kier alpha value is -3.97. The van der Waals surface area contributed by atoms with E-state index in [0.29, 0.717) is 16.1 Å². The summed E-state index contributed by atoms with van der Waals surface area (Å²) in [5.74, 6) is -2.08. The Morgan fingerprint density at radius 3 is 1.97 bits per heavy atom. The standard InChI is InChI=1S/C26H23ClN2O5/c27-21-13-11-20(12-14-21)26(25(33)19-9-5-2-6-10-19)34-24(32)17-29-23(31)16-28-22(30)15-18-7-3-1-4-8-18/h1-14,26H,15-17H2,(H,28,30)(H,29,31). The molecule has 0 radical (unpaired) electrons. The van der Waals surface area contributed by atoms with Crippen LogP contribution < -0.4 is 10.6 Å². The van der Waals surface area contributed by atoms with Crippen molar-refractivity contribution in [1.82, 2.24) is 10.6 Å². The molecule has 34 heavy (non-hydrogen) atoms. The number of carbonyl (C=O) groups is 4. The first kappa shape index (κ1) is 24.7. The maximum atomic E-state index is 13.0. The summed E-state index contributed by atoms with van der Waals surface area (Å²) in [4.78, 5) is 49.4. The number of ketones is 1. The van der Waals surface area contributed by atoms with E-state index in [1.165, 1.54) is 0 Å². The van der Waals surface area contributed by atoms with Crippen LogP contribution in [0.2, 0.25) is 5.02 Å². The molecule has 0 saturated carbocycles. The highest BCUT2D eigenvalue weighted by Crippen LogP contribution is 2.24. The maximum Gasteiger partial charge on any atom is 0.326 e. The number of amides is 2. The zero-order chi connectivity index (χ0) is 24.3. The molecule has 0 saturated heterocycles. The van der Waals surface area contributed by atoms with Gasteiger partial charge < -0.3 is 15.4 Å². The third kappa shape index (κ3) is 7.56. The van der Waals surface area contributed by atoms with Crippen LogP contribution in [0.3, 0.4) is 0 Å². The molecule has 1 atom stereocenters. The minimum Gasteiger partial charge on any atom is -0.448 e. The number of ether oxygens (including phenoxy) is 1. The van der Waals surface area contributed by atoms with Gasteiger partial charge in [0.2, 0.25) is 17.6 Å². The van der Waals surface area contributed by atoms with Gasteiger partial charge in [-0.1, -0.05) is 84.4 Å². The summed E-state index contributed by atoms with van der Waals surface area (Å²) in [5.41, 5.74) is 1.65. The van der Waals surface area contributed by atoms with Crippen molar-refractivity contribution in [1.29, 1.82) is 0 Å². The molecule has 2 amide bonds. The second-order valence-corrected chi connectivity index (χ2v) is 7.80. The summed E-state index contributed by atoms with van der Waals surface area (Å²) in [6.07, 6.45) is -1.06. The lowest BCUT2D eigenvalue weighted by Gasteiger charge is -2.18. The van der Waals surface area contributed by atoms with Gasteiger partial charge in [0, 0.05) is 16.1 Å². The Bertz CT molecular complexity index is 1130. The summed E-state index contributed by atoms with van der Waals surface area (Å²) in [6, 6.07) is 23.9. The molecule has 3 aromatic carbocycles. The van der Waals surface area contributed by atoms with E-state index in [1.54, 1.807) is 54.6 Å². The first-order valence-electron chi connectivity index (χ1n) is 10.5. The Morgan fingerprint density at radius 1 is 0.735 bits per heavy atom. The van der Waals surface area contributed by atoms with Crippen molar-refractivity contribution in [3.05, 3.63) is 107 Å². The number of hydrogen-bond acceptors (Lipinski definition) is 5. The molecule has 8 heteroatoms. The first-order chi connectivity index (χ1) is 16.4. The third-order valence-electron chi connectivity index (χ3n) is 4.80. The normalized spacial score (nSPS) is 11.2. The molecule has 0 bridgehead atoms. The highest BCUT2D eigenvalue weighted by Gasteiger charge is 2.26. The van der Waals surface area contributed by atoms with Crippen LogP contribution in [-0.2, 0) is 25.5 Å². The van der Waals surface area contributed by atoms with Gasteiger partial charge in [-0.05, 0) is 17.7 Å². The lowest BCUT2D eigenvalue weighted by atomic mass is 10.00. The van der Waals surface area contributed by atoms with E-state index >= 15 is 0 Å². The average Bonchev–Trinajstić information content (AvgIpc) is 2.86. The van der Waals surface area contributed by atoms with E-state index in [4.69, 9.17) is 16.3 Å². The second-order valence-electron chi connectivity index (χ2n) is 7.37. The number of carbonyl (C=O) groups excluding carboxylic acids is 4. The molecular formula is C26H23ClN2O5. The van der Waals surface area contributed by atoms with Gasteiger partial charge >= 0.3 is 5.97 Å². The molecule has 2 N–H and O–H groups in total. The van der Waals surface area contributed by atoms with Crippen LogP contribution in [0.4, 0.5) is 0 Å². The van der Waals surface area contributed by atoms with Crippen molar-refractivity contribution in [3.8, 4) is 0 Å². The summed E-state index contributed by atoms with van der Waals surface area (Å²) in [6.45, 7) is -0.748. The van der Waals surface area contributed by atoms with Crippen LogP contribution in [0.15, 0.2) is 84.9 Å². The highest BCUT2D eigenvalue weighted by molar-refractivity contribution is 6.30. The fourth-order valence-corrected chi connectivity index (χ4v) is 3.22. The molecule has 0 aliphatic rings. The number of Topliss-reactive ketones (excluding diaryl/α,β-unsaturated/α-hetero) is 1. The summed E-state index contributed by atoms with van der Waals surface area (Å²) < 4.78 is 5.41. The predicted molar refractivity (Wildman–Crippen MR) is 127 cm³/mol. The van der Waals surface area contributed by atoms with Gasteiger partial charge in [0.1, 0.15) is 6.54 Å². The molecule has 3 rings (SSSR count). The fourth-order valence-electron chi connectivity index (χ4n) is 3.09. The zero-order valence-electron chi connectivity index (χ0n) is 18.2. The van der Waals surface area contributed by atoms with E-state index in [1.807, 2.05) is 30.3 Å². The Morgan fingerprint density at radius 2 is 1.32 bits per heavy atom. The first-order valence-corrected chi connectivity index (χ1v) is 10.9. The number of rotatable bonds is 10. The van der Waals surface area contributed by atoms with Crippen LogP contribution in [0, 0.1) is 0 Å². The minimum absolute atomic E-state index is 0.139. The Balaban J connectivity index is 1.53. The summed E-state index contributed by atoms with van der Waals surface area (Å²) >= 11 is 5.93. The average molecular weight is 479 g/mol. The van der Waals surface area contributed by atoms with Gasteiger partial charge in [0.25, 0.3) is 0 Å². The minimum atomic E-state index is -1.20. The number of hydrogen-bond donors (Lipinski definition) is 2. The van der Waals surface area contributed by atoms with Crippen LogP contribution >= 0.6 is 11.6 Å². The summed E-state index contributed by atoms with van der Waals surface area (Å²) in [7, 11) is 0. The van der Waals surface area contributed by atoms with Crippen molar-refractivity contribution in [2.45, 2.75) is 12.5 Å². The third-order valence-corrected chi connectivity index (χ3v) is 5.05. The number of nitrogens with one attached hydrogen (secondary N) is 2. The molecule has 0 aliphatic carbocycles. The van der Waals surface area contributed by atoms with E-state index in [0.717, 1.165) is 5.56 Å². The molecule has 0 heterocycles. The molecule has 0 fully saturated rings. The van der Waals surface area contributed by atoms with Gasteiger partial charge in [-0.25, -0.2) is 0 Å². The lowest BCUT2D eigenvalue weighted by Crippen LogP contribution is -2.40. The van der Waals surface area contributed by atoms with Crippen LogP contribution in [-0.4, -0.2) is 36.7 Å². The Labute approximate surface area is 202 Å². The molecule has 0 aromatic heterocycles. The zero-order valence-corrected chi connectivity index (χ0v) is 19.0. The van der Waals surface area contributed by atoms with E-state index < -0.39 is 30.3 Å². The van der Waals surface area contributed by atoms with Crippen molar-refractivity contribution < 1.29 is 23.9 Å². The summed E-state index contributed by atoms with van der Waals surface area (Å²) in [5, 5.41) is 5.36. The van der Waals surface area contributed by atoms with Crippen LogP contribution in [0.5, 0.6) is 0 Å². The van der Waals surface area contributed by atoms with Crippen LogP contribution in [0.1, 0.15) is 27.6 Å². The van der Waals surface area contributed by atoms with Crippen LogP contribution in [0.25, 0.3) is 0 Å². The van der Waals surface area contributed by atoms with E-state index in [2.05, 4.69) is 10.6 Å². The van der Waals surface area contributed by atoms with E-state index in [-0.39, 0.29) is 18.9 Å². The molecule has 0 aliphatic heterocycles. The maximum absolute atomic E-state index is 13.0.